The normalized spacial score (nSPS) is 11.3. The number of carbonyl (C=O) groups excluding carboxylic acids is 1. The molecule has 0 atom stereocenters. The fourth-order valence-corrected chi connectivity index (χ4v) is 5.30. The summed E-state index contributed by atoms with van der Waals surface area (Å²) >= 11 is 10.2. The third-order valence-electron chi connectivity index (χ3n) is 6.35. The van der Waals surface area contributed by atoms with Gasteiger partial charge < -0.3 is 9.47 Å². The highest BCUT2D eigenvalue weighted by Gasteiger charge is 2.22. The monoisotopic (exact) mass is 560 g/mol. The van der Waals surface area contributed by atoms with E-state index in [1.807, 2.05) is 77.7 Å². The second kappa shape index (κ2) is 10.8. The SMILES string of the molecule is CCCCN(Cc1nc2cccnc2n1Cc1ccccc1Cl)C(=O)c1cccc2cccc(Br)c12. The van der Waals surface area contributed by atoms with Crippen LogP contribution in [-0.4, -0.2) is 31.9 Å². The van der Waals surface area contributed by atoms with E-state index < -0.39 is 0 Å². The lowest BCUT2D eigenvalue weighted by molar-refractivity contribution is 0.0737. The molecule has 0 bridgehead atoms. The Labute approximate surface area is 223 Å². The number of carbonyl (C=O) groups is 1. The van der Waals surface area contributed by atoms with Gasteiger partial charge in [0, 0.05) is 33.2 Å². The van der Waals surface area contributed by atoms with Crippen LogP contribution in [-0.2, 0) is 13.1 Å². The van der Waals surface area contributed by atoms with Gasteiger partial charge in [-0.2, -0.15) is 0 Å². The van der Waals surface area contributed by atoms with Gasteiger partial charge >= 0.3 is 0 Å². The van der Waals surface area contributed by atoms with Crippen LogP contribution in [0.3, 0.4) is 0 Å². The molecule has 0 fully saturated rings. The summed E-state index contributed by atoms with van der Waals surface area (Å²) in [7, 11) is 0. The topological polar surface area (TPSA) is 51.0 Å². The molecule has 0 unspecified atom stereocenters. The van der Waals surface area contributed by atoms with Crippen LogP contribution in [0.1, 0.15) is 41.5 Å². The zero-order chi connectivity index (χ0) is 25.1. The van der Waals surface area contributed by atoms with E-state index in [1.54, 1.807) is 6.20 Å². The fourth-order valence-electron chi connectivity index (χ4n) is 4.51. The quantitative estimate of drug-likeness (QED) is 0.197. The predicted octanol–water partition coefficient (Wildman–Crippen LogP) is 7.49. The lowest BCUT2D eigenvalue weighted by Gasteiger charge is -2.24. The van der Waals surface area contributed by atoms with Gasteiger partial charge in [-0.1, -0.05) is 83.3 Å². The predicted molar refractivity (Wildman–Crippen MR) is 149 cm³/mol. The minimum atomic E-state index is -0.00902. The molecule has 0 aliphatic carbocycles. The molecule has 0 spiro atoms. The first kappa shape index (κ1) is 24.5. The van der Waals surface area contributed by atoms with Crippen molar-refractivity contribution in [3.63, 3.8) is 0 Å². The number of pyridine rings is 1. The summed E-state index contributed by atoms with van der Waals surface area (Å²) < 4.78 is 2.98. The number of halogens is 2. The Morgan fingerprint density at radius 1 is 1.03 bits per heavy atom. The molecule has 2 aromatic heterocycles. The summed E-state index contributed by atoms with van der Waals surface area (Å²) in [4.78, 5) is 25.4. The van der Waals surface area contributed by atoms with Crippen molar-refractivity contribution in [1.82, 2.24) is 19.4 Å². The van der Waals surface area contributed by atoms with Crippen molar-refractivity contribution >= 4 is 55.4 Å². The molecule has 0 aliphatic heterocycles. The largest absolute Gasteiger partial charge is 0.331 e. The van der Waals surface area contributed by atoms with Gasteiger partial charge in [0.05, 0.1) is 13.1 Å². The number of hydrogen-bond donors (Lipinski definition) is 0. The van der Waals surface area contributed by atoms with Gasteiger partial charge in [0.1, 0.15) is 11.3 Å². The van der Waals surface area contributed by atoms with Gasteiger partial charge in [-0.3, -0.25) is 4.79 Å². The second-order valence-corrected chi connectivity index (χ2v) is 10.0. The van der Waals surface area contributed by atoms with Crippen molar-refractivity contribution in [2.24, 2.45) is 0 Å². The third kappa shape index (κ3) is 4.88. The van der Waals surface area contributed by atoms with E-state index in [0.29, 0.717) is 30.2 Å². The van der Waals surface area contributed by atoms with Crippen molar-refractivity contribution in [2.45, 2.75) is 32.9 Å². The Bertz CT molecular complexity index is 1540. The number of aromatic nitrogens is 3. The van der Waals surface area contributed by atoms with Gasteiger partial charge in [-0.15, -0.1) is 0 Å². The minimum Gasteiger partial charge on any atom is -0.331 e. The first-order valence-electron chi connectivity index (χ1n) is 12.1. The van der Waals surface area contributed by atoms with Crippen LogP contribution in [0.25, 0.3) is 21.9 Å². The van der Waals surface area contributed by atoms with Crippen LogP contribution in [0, 0.1) is 0 Å². The molecule has 5 rings (SSSR count). The Hall–Kier alpha value is -3.22. The molecule has 36 heavy (non-hydrogen) atoms. The highest BCUT2D eigenvalue weighted by Crippen LogP contribution is 2.29. The van der Waals surface area contributed by atoms with Crippen LogP contribution in [0.4, 0.5) is 0 Å². The maximum atomic E-state index is 14.0. The van der Waals surface area contributed by atoms with Gasteiger partial charge in [0.15, 0.2) is 5.65 Å². The Morgan fingerprint density at radius 2 is 1.83 bits per heavy atom. The number of benzene rings is 3. The minimum absolute atomic E-state index is 0.00902. The molecule has 7 heteroatoms. The molecule has 0 N–H and O–H groups in total. The summed E-state index contributed by atoms with van der Waals surface area (Å²) in [5.74, 6) is 0.776. The van der Waals surface area contributed by atoms with E-state index in [-0.39, 0.29) is 5.91 Å². The smallest absolute Gasteiger partial charge is 0.254 e. The molecule has 2 heterocycles. The second-order valence-electron chi connectivity index (χ2n) is 8.78. The summed E-state index contributed by atoms with van der Waals surface area (Å²) in [6.07, 6.45) is 3.66. The maximum Gasteiger partial charge on any atom is 0.254 e. The van der Waals surface area contributed by atoms with Gasteiger partial charge in [0.2, 0.25) is 0 Å². The van der Waals surface area contributed by atoms with Crippen LogP contribution in [0.15, 0.2) is 83.5 Å². The Balaban J connectivity index is 1.56. The molecular weight excluding hydrogens is 536 g/mol. The summed E-state index contributed by atoms with van der Waals surface area (Å²) in [6, 6.07) is 23.5. The van der Waals surface area contributed by atoms with Crippen LogP contribution in [0.2, 0.25) is 5.02 Å². The number of fused-ring (bicyclic) bond motifs is 2. The van der Waals surface area contributed by atoms with Crippen molar-refractivity contribution in [1.29, 1.82) is 0 Å². The van der Waals surface area contributed by atoms with Gasteiger partial charge in [-0.25, -0.2) is 9.97 Å². The molecule has 3 aromatic carbocycles. The zero-order valence-corrected chi connectivity index (χ0v) is 22.3. The molecule has 5 aromatic rings. The first-order chi connectivity index (χ1) is 17.6. The molecule has 0 aliphatic rings. The maximum absolute atomic E-state index is 14.0. The number of amides is 1. The summed E-state index contributed by atoms with van der Waals surface area (Å²) in [6.45, 7) is 3.67. The summed E-state index contributed by atoms with van der Waals surface area (Å²) in [5.41, 5.74) is 3.25. The average Bonchev–Trinajstić information content (AvgIpc) is 3.24. The number of rotatable bonds is 8. The summed E-state index contributed by atoms with van der Waals surface area (Å²) in [5, 5.41) is 2.65. The fraction of sp³-hybridized carbons (Fsp3) is 0.207. The van der Waals surface area contributed by atoms with Crippen LogP contribution >= 0.6 is 27.5 Å². The number of hydrogen-bond acceptors (Lipinski definition) is 3. The van der Waals surface area contributed by atoms with Crippen molar-refractivity contribution < 1.29 is 4.79 Å². The standard InChI is InChI=1S/C29H26BrClN4O/c1-2-3-17-34(29(36)22-12-6-10-20-11-7-13-23(30)27(20)22)19-26-33-25-15-8-16-32-28(25)35(26)18-21-9-4-5-14-24(21)31/h4-16H,2-3,17-19H2,1H3. The lowest BCUT2D eigenvalue weighted by atomic mass is 10.0. The Kier molecular flexibility index (Phi) is 7.35. The molecule has 1 amide bonds. The number of unbranched alkanes of at least 4 members (excludes halogenated alkanes) is 1. The van der Waals surface area contributed by atoms with Crippen molar-refractivity contribution in [3.05, 3.63) is 105 Å². The molecule has 5 nitrogen and oxygen atoms in total. The van der Waals surface area contributed by atoms with Gasteiger partial charge in [0.25, 0.3) is 5.91 Å². The van der Waals surface area contributed by atoms with E-state index in [2.05, 4.69) is 32.4 Å². The van der Waals surface area contributed by atoms with Gasteiger partial charge in [-0.05, 0) is 47.7 Å². The van der Waals surface area contributed by atoms with E-state index >= 15 is 0 Å². The lowest BCUT2D eigenvalue weighted by Crippen LogP contribution is -2.33. The van der Waals surface area contributed by atoms with E-state index in [1.165, 1.54) is 0 Å². The first-order valence-corrected chi connectivity index (χ1v) is 13.2. The van der Waals surface area contributed by atoms with E-state index in [9.17, 15) is 4.79 Å². The highest BCUT2D eigenvalue weighted by atomic mass is 79.9. The number of imidazole rings is 1. The molecule has 0 saturated heterocycles. The third-order valence-corrected chi connectivity index (χ3v) is 7.38. The van der Waals surface area contributed by atoms with Crippen molar-refractivity contribution in [2.75, 3.05) is 6.54 Å². The van der Waals surface area contributed by atoms with E-state index in [0.717, 1.165) is 50.6 Å². The molecule has 182 valence electrons. The Morgan fingerprint density at radius 3 is 2.64 bits per heavy atom. The molecule has 0 radical (unpaired) electrons. The number of nitrogens with zero attached hydrogens (tertiary/aromatic N) is 4. The molecular formula is C29H26BrClN4O. The van der Waals surface area contributed by atoms with Crippen LogP contribution in [0.5, 0.6) is 0 Å². The van der Waals surface area contributed by atoms with E-state index in [4.69, 9.17) is 16.6 Å². The zero-order valence-electron chi connectivity index (χ0n) is 20.0. The highest BCUT2D eigenvalue weighted by molar-refractivity contribution is 9.10. The molecule has 0 saturated carbocycles. The average molecular weight is 562 g/mol. The van der Waals surface area contributed by atoms with Crippen LogP contribution < -0.4 is 0 Å². The van der Waals surface area contributed by atoms with Crippen molar-refractivity contribution in [3.8, 4) is 0 Å².